The van der Waals surface area contributed by atoms with E-state index in [2.05, 4.69) is 31.3 Å². The summed E-state index contributed by atoms with van der Waals surface area (Å²) in [4.78, 5) is 11.1. The van der Waals surface area contributed by atoms with Crippen molar-refractivity contribution in [2.45, 2.75) is 75.8 Å². The van der Waals surface area contributed by atoms with Crippen LogP contribution in [0.3, 0.4) is 0 Å². The Morgan fingerprint density at radius 2 is 1.59 bits per heavy atom. The highest BCUT2D eigenvalue weighted by Gasteiger charge is 2.26. The molecule has 7 nitrogen and oxygen atoms in total. The number of carboxylic acids is 1. The zero-order valence-electron chi connectivity index (χ0n) is 24.6. The third-order valence-corrected chi connectivity index (χ3v) is 9.36. The summed E-state index contributed by atoms with van der Waals surface area (Å²) in [5.74, 6) is -0.828. The molecule has 0 spiro atoms. The molecule has 41 heavy (non-hydrogen) atoms. The first-order valence-electron chi connectivity index (χ1n) is 14.3. The number of carboxylic acid groups (broad SMARTS) is 1. The predicted molar refractivity (Wildman–Crippen MR) is 164 cm³/mol. The average Bonchev–Trinajstić information content (AvgIpc) is 2.95. The summed E-state index contributed by atoms with van der Waals surface area (Å²) in [6.07, 6.45) is 3.16. The van der Waals surface area contributed by atoms with Gasteiger partial charge in [-0.3, -0.25) is 4.79 Å². The first-order chi connectivity index (χ1) is 19.4. The number of likely N-dealkylation sites (N-methyl/N-ethyl adjacent to an activating group) is 1. The van der Waals surface area contributed by atoms with E-state index in [0.717, 1.165) is 36.0 Å². The van der Waals surface area contributed by atoms with E-state index in [9.17, 15) is 18.3 Å². The Labute approximate surface area is 245 Å². The van der Waals surface area contributed by atoms with Gasteiger partial charge in [-0.05, 0) is 85.9 Å². The number of carbonyl (C=O) groups is 1. The molecule has 0 aliphatic rings. The van der Waals surface area contributed by atoms with E-state index in [0.29, 0.717) is 24.9 Å². The molecule has 0 unspecified atom stereocenters. The second-order valence-electron chi connectivity index (χ2n) is 11.3. The Hall–Kier alpha value is -3.04. The quantitative estimate of drug-likeness (QED) is 0.212. The van der Waals surface area contributed by atoms with Crippen molar-refractivity contribution >= 4 is 16.0 Å². The van der Waals surface area contributed by atoms with Crippen LogP contribution < -0.4 is 5.32 Å². The van der Waals surface area contributed by atoms with Crippen molar-refractivity contribution in [2.75, 3.05) is 20.1 Å². The zero-order chi connectivity index (χ0) is 30.0. The zero-order valence-corrected chi connectivity index (χ0v) is 25.5. The molecule has 8 heteroatoms. The number of benzene rings is 3. The SMILES string of the molecule is CCc1cc(-c2ccc(CCC(=O)O)cc2)ccc1S(=O)(=O)N(C)C[C@H](O)CNC(C)(C)CCCc1ccccc1. The molecule has 0 saturated carbocycles. The molecule has 0 fully saturated rings. The van der Waals surface area contributed by atoms with E-state index in [1.54, 1.807) is 12.1 Å². The van der Waals surface area contributed by atoms with Gasteiger partial charge in [0.05, 0.1) is 11.0 Å². The first-order valence-corrected chi connectivity index (χ1v) is 15.7. The Kier molecular flexibility index (Phi) is 11.7. The second kappa shape index (κ2) is 14.7. The van der Waals surface area contributed by atoms with Crippen molar-refractivity contribution in [3.63, 3.8) is 0 Å². The molecule has 0 aromatic heterocycles. The minimum atomic E-state index is -3.81. The molecule has 222 valence electrons. The molecule has 0 radical (unpaired) electrons. The fraction of sp³-hybridized carbons (Fsp3) is 0.424. The summed E-state index contributed by atoms with van der Waals surface area (Å²) in [7, 11) is -2.30. The van der Waals surface area contributed by atoms with Crippen LogP contribution in [-0.4, -0.2) is 60.7 Å². The largest absolute Gasteiger partial charge is 0.481 e. The van der Waals surface area contributed by atoms with Gasteiger partial charge in [0.15, 0.2) is 0 Å². The summed E-state index contributed by atoms with van der Waals surface area (Å²) in [5, 5.41) is 23.0. The third kappa shape index (κ3) is 9.78. The van der Waals surface area contributed by atoms with Gasteiger partial charge in [0.25, 0.3) is 0 Å². The van der Waals surface area contributed by atoms with E-state index in [4.69, 9.17) is 5.11 Å². The number of β-amino-alcohol motifs (C(OH)–C–C–N with tert-alkyl or cyclic N) is 1. The van der Waals surface area contributed by atoms with Crippen molar-refractivity contribution in [1.82, 2.24) is 9.62 Å². The minimum Gasteiger partial charge on any atom is -0.481 e. The molecule has 1 atom stereocenters. The van der Waals surface area contributed by atoms with Crippen LogP contribution >= 0.6 is 0 Å². The smallest absolute Gasteiger partial charge is 0.303 e. The number of hydrogen-bond acceptors (Lipinski definition) is 5. The van der Waals surface area contributed by atoms with Gasteiger partial charge in [0.1, 0.15) is 0 Å². The van der Waals surface area contributed by atoms with Crippen LogP contribution in [0.2, 0.25) is 0 Å². The highest BCUT2D eigenvalue weighted by molar-refractivity contribution is 7.89. The summed E-state index contributed by atoms with van der Waals surface area (Å²) in [6, 6.07) is 23.3. The van der Waals surface area contributed by atoms with Gasteiger partial charge in [-0.15, -0.1) is 0 Å². The molecule has 0 aliphatic carbocycles. The summed E-state index contributed by atoms with van der Waals surface area (Å²) < 4.78 is 28.2. The number of nitrogens with zero attached hydrogens (tertiary/aromatic N) is 1. The monoisotopic (exact) mass is 580 g/mol. The van der Waals surface area contributed by atoms with Crippen molar-refractivity contribution in [2.24, 2.45) is 0 Å². The Morgan fingerprint density at radius 1 is 0.951 bits per heavy atom. The van der Waals surface area contributed by atoms with Gasteiger partial charge in [-0.1, -0.05) is 67.6 Å². The number of aliphatic hydroxyl groups is 1. The van der Waals surface area contributed by atoms with Crippen LogP contribution in [0.25, 0.3) is 11.1 Å². The lowest BCUT2D eigenvalue weighted by Gasteiger charge is -2.29. The van der Waals surface area contributed by atoms with E-state index in [1.807, 2.05) is 55.5 Å². The maximum absolute atomic E-state index is 13.5. The van der Waals surface area contributed by atoms with Gasteiger partial charge >= 0.3 is 5.97 Å². The highest BCUT2D eigenvalue weighted by Crippen LogP contribution is 2.28. The molecule has 3 rings (SSSR count). The third-order valence-electron chi connectivity index (χ3n) is 7.44. The maximum Gasteiger partial charge on any atom is 0.303 e. The topological polar surface area (TPSA) is 107 Å². The van der Waals surface area contributed by atoms with Gasteiger partial charge < -0.3 is 15.5 Å². The molecule has 0 amide bonds. The highest BCUT2D eigenvalue weighted by atomic mass is 32.2. The fourth-order valence-corrected chi connectivity index (χ4v) is 6.37. The lowest BCUT2D eigenvalue weighted by atomic mass is 9.95. The van der Waals surface area contributed by atoms with Crippen LogP contribution in [0.4, 0.5) is 0 Å². The van der Waals surface area contributed by atoms with Crippen LogP contribution in [0.1, 0.15) is 56.7 Å². The van der Waals surface area contributed by atoms with E-state index < -0.39 is 22.1 Å². The predicted octanol–water partition coefficient (Wildman–Crippen LogP) is 5.31. The number of aliphatic hydroxyl groups excluding tert-OH is 1. The normalized spacial score (nSPS) is 12.9. The van der Waals surface area contributed by atoms with E-state index in [-0.39, 0.29) is 23.4 Å². The lowest BCUT2D eigenvalue weighted by Crippen LogP contribution is -2.46. The molecule has 0 bridgehead atoms. The number of aryl methyl sites for hydroxylation is 3. The molecular weight excluding hydrogens is 536 g/mol. The molecule has 0 saturated heterocycles. The molecule has 0 heterocycles. The maximum atomic E-state index is 13.5. The number of nitrogens with one attached hydrogen (secondary N) is 1. The summed E-state index contributed by atoms with van der Waals surface area (Å²) in [6.45, 7) is 6.40. The summed E-state index contributed by atoms with van der Waals surface area (Å²) >= 11 is 0. The Morgan fingerprint density at radius 3 is 2.22 bits per heavy atom. The second-order valence-corrected chi connectivity index (χ2v) is 13.3. The standard InChI is InChI=1S/C33H44N2O5S/c1-5-27-22-29(28-16-13-26(14-17-28)15-20-32(37)38)18-19-31(27)41(39,40)35(4)24-30(36)23-34-33(2,3)21-9-12-25-10-7-6-8-11-25/h6-8,10-11,13-14,16-19,22,30,34,36H,5,9,12,15,20-21,23-24H2,1-4H3,(H,37,38)/t30-/m1/s1. The van der Waals surface area contributed by atoms with Crippen molar-refractivity contribution in [1.29, 1.82) is 0 Å². The number of aliphatic carboxylic acids is 1. The summed E-state index contributed by atoms with van der Waals surface area (Å²) in [5.41, 5.74) is 4.59. The van der Waals surface area contributed by atoms with Gasteiger partial charge in [-0.25, -0.2) is 8.42 Å². The van der Waals surface area contributed by atoms with E-state index in [1.165, 1.54) is 16.9 Å². The van der Waals surface area contributed by atoms with E-state index >= 15 is 0 Å². The van der Waals surface area contributed by atoms with Gasteiger partial charge in [0.2, 0.25) is 10.0 Å². The molecule has 3 aromatic carbocycles. The Bertz CT molecular complexity index is 1370. The first kappa shape index (κ1) is 32.5. The molecular formula is C33H44N2O5S. The lowest BCUT2D eigenvalue weighted by molar-refractivity contribution is -0.136. The minimum absolute atomic E-state index is 0.0157. The molecule has 0 aliphatic heterocycles. The van der Waals surface area contributed by atoms with Gasteiger partial charge in [0, 0.05) is 32.1 Å². The molecule has 3 N–H and O–H groups in total. The van der Waals surface area contributed by atoms with Gasteiger partial charge in [-0.2, -0.15) is 4.31 Å². The number of hydrogen-bond donors (Lipinski definition) is 3. The van der Waals surface area contributed by atoms with Crippen molar-refractivity contribution in [3.8, 4) is 11.1 Å². The molecule has 3 aromatic rings. The van der Waals surface area contributed by atoms with Crippen LogP contribution in [0.15, 0.2) is 77.7 Å². The van der Waals surface area contributed by atoms with Crippen LogP contribution in [0.5, 0.6) is 0 Å². The Balaban J connectivity index is 1.59. The van der Waals surface area contributed by atoms with Crippen LogP contribution in [0, 0.1) is 0 Å². The number of sulfonamides is 1. The fourth-order valence-electron chi connectivity index (χ4n) is 4.89. The number of rotatable bonds is 16. The van der Waals surface area contributed by atoms with Crippen molar-refractivity contribution in [3.05, 3.63) is 89.5 Å². The van der Waals surface area contributed by atoms with Crippen molar-refractivity contribution < 1.29 is 23.4 Å². The average molecular weight is 581 g/mol. The van der Waals surface area contributed by atoms with Crippen LogP contribution in [-0.2, 0) is 34.1 Å².